The number of hydrogen-bond donors (Lipinski definition) is 1. The molecule has 2 aromatic rings. The van der Waals surface area contributed by atoms with Gasteiger partial charge >= 0.3 is 0 Å². The lowest BCUT2D eigenvalue weighted by atomic mass is 10.1. The molecule has 5 nitrogen and oxygen atoms in total. The molecule has 1 N–H and O–H groups in total. The lowest BCUT2D eigenvalue weighted by Crippen LogP contribution is -2.18. The minimum atomic E-state index is 0.628. The first-order valence-corrected chi connectivity index (χ1v) is 6.75. The van der Waals surface area contributed by atoms with Gasteiger partial charge in [0.2, 0.25) is 0 Å². The maximum Gasteiger partial charge on any atom is 0.161 e. The molecule has 0 bridgehead atoms. The quantitative estimate of drug-likeness (QED) is 0.837. The van der Waals surface area contributed by atoms with E-state index in [4.69, 9.17) is 9.47 Å². The molecule has 1 aliphatic rings. The van der Waals surface area contributed by atoms with Crippen molar-refractivity contribution in [3.05, 3.63) is 48.0 Å². The van der Waals surface area contributed by atoms with Crippen LogP contribution >= 0.6 is 0 Å². The van der Waals surface area contributed by atoms with Crippen LogP contribution in [0.15, 0.2) is 36.9 Å². The van der Waals surface area contributed by atoms with Gasteiger partial charge in [-0.1, -0.05) is 6.07 Å². The zero-order chi connectivity index (χ0) is 13.6. The van der Waals surface area contributed by atoms with Crippen LogP contribution in [-0.2, 0) is 13.0 Å². The third-order valence-corrected chi connectivity index (χ3v) is 3.14. The van der Waals surface area contributed by atoms with Gasteiger partial charge in [-0.25, -0.2) is 9.97 Å². The number of hydrogen-bond acceptors (Lipinski definition) is 5. The van der Waals surface area contributed by atoms with Crippen LogP contribution in [0.2, 0.25) is 0 Å². The molecule has 1 aromatic carbocycles. The number of aromatic nitrogens is 2. The Morgan fingerprint density at radius 3 is 2.65 bits per heavy atom. The summed E-state index contributed by atoms with van der Waals surface area (Å²) >= 11 is 0. The van der Waals surface area contributed by atoms with Crippen LogP contribution < -0.4 is 14.8 Å². The van der Waals surface area contributed by atoms with E-state index in [-0.39, 0.29) is 0 Å². The first-order valence-electron chi connectivity index (χ1n) is 6.75. The maximum absolute atomic E-state index is 5.58. The number of nitrogens with one attached hydrogen (secondary N) is 1. The van der Waals surface area contributed by atoms with Crippen molar-refractivity contribution in [3.63, 3.8) is 0 Å². The van der Waals surface area contributed by atoms with E-state index < -0.39 is 0 Å². The Bertz CT molecular complexity index is 560. The van der Waals surface area contributed by atoms with Gasteiger partial charge in [-0.3, -0.25) is 0 Å². The Labute approximate surface area is 118 Å². The molecule has 104 valence electrons. The fourth-order valence-corrected chi connectivity index (χ4v) is 2.13. The van der Waals surface area contributed by atoms with Gasteiger partial charge in [0.15, 0.2) is 11.5 Å². The Morgan fingerprint density at radius 1 is 1.00 bits per heavy atom. The summed E-state index contributed by atoms with van der Waals surface area (Å²) in [6, 6.07) is 6.12. The lowest BCUT2D eigenvalue weighted by molar-refractivity contribution is 0.171. The highest BCUT2D eigenvalue weighted by molar-refractivity contribution is 5.43. The molecule has 5 heteroatoms. The summed E-state index contributed by atoms with van der Waals surface area (Å²) in [7, 11) is 0. The molecule has 20 heavy (non-hydrogen) atoms. The molecule has 0 saturated heterocycles. The molecule has 3 rings (SSSR count). The van der Waals surface area contributed by atoms with Crippen LogP contribution in [0.5, 0.6) is 11.5 Å². The second kappa shape index (κ2) is 6.34. The molecule has 0 saturated carbocycles. The summed E-state index contributed by atoms with van der Waals surface area (Å²) in [4.78, 5) is 7.98. The molecule has 0 amide bonds. The van der Waals surface area contributed by atoms with Crippen molar-refractivity contribution >= 4 is 0 Å². The Kier molecular flexibility index (Phi) is 4.08. The zero-order valence-corrected chi connectivity index (χ0v) is 11.2. The fraction of sp³-hybridized carbons (Fsp3) is 0.333. The minimum Gasteiger partial charge on any atom is -0.486 e. The van der Waals surface area contributed by atoms with E-state index in [1.165, 1.54) is 5.56 Å². The number of nitrogens with zero attached hydrogens (tertiary/aromatic N) is 2. The Hall–Kier alpha value is -2.14. The molecule has 0 fully saturated rings. The molecule has 2 heterocycles. The van der Waals surface area contributed by atoms with Crippen LogP contribution in [0, 0.1) is 0 Å². The van der Waals surface area contributed by atoms with Gasteiger partial charge < -0.3 is 14.8 Å². The number of benzene rings is 1. The monoisotopic (exact) mass is 271 g/mol. The standard InChI is InChI=1S/C15H17N3O2/c1-2-14-15(20-6-5-19-14)7-12(1)3-4-16-8-13-9-17-11-18-10-13/h1-2,7,9-11,16H,3-6,8H2. The second-order valence-electron chi connectivity index (χ2n) is 4.65. The predicted octanol–water partition coefficient (Wildman–Crippen LogP) is 1.58. The highest BCUT2D eigenvalue weighted by atomic mass is 16.6. The van der Waals surface area contributed by atoms with E-state index in [1.54, 1.807) is 6.33 Å². The van der Waals surface area contributed by atoms with E-state index >= 15 is 0 Å². The zero-order valence-electron chi connectivity index (χ0n) is 11.2. The van der Waals surface area contributed by atoms with Crippen molar-refractivity contribution < 1.29 is 9.47 Å². The Balaban J connectivity index is 1.49. The van der Waals surface area contributed by atoms with E-state index in [2.05, 4.69) is 27.4 Å². The van der Waals surface area contributed by atoms with Crippen LogP contribution in [0.25, 0.3) is 0 Å². The SMILES string of the molecule is c1ncc(CNCCc2ccc3c(c2)OCCO3)cn1. The van der Waals surface area contributed by atoms with Crippen LogP contribution in [0.4, 0.5) is 0 Å². The van der Waals surface area contributed by atoms with Crippen molar-refractivity contribution in [1.82, 2.24) is 15.3 Å². The van der Waals surface area contributed by atoms with E-state index in [9.17, 15) is 0 Å². The van der Waals surface area contributed by atoms with Gasteiger partial charge in [-0.05, 0) is 30.7 Å². The third kappa shape index (κ3) is 3.24. The van der Waals surface area contributed by atoms with Crippen molar-refractivity contribution in [2.24, 2.45) is 0 Å². The van der Waals surface area contributed by atoms with E-state index in [0.29, 0.717) is 13.2 Å². The second-order valence-corrected chi connectivity index (χ2v) is 4.65. The average Bonchev–Trinajstić information content (AvgIpc) is 2.52. The normalized spacial score (nSPS) is 13.2. The molecule has 1 aromatic heterocycles. The van der Waals surface area contributed by atoms with Crippen LogP contribution in [0.3, 0.4) is 0 Å². The van der Waals surface area contributed by atoms with Gasteiger partial charge in [0, 0.05) is 24.5 Å². The number of ether oxygens (including phenoxy) is 2. The highest BCUT2D eigenvalue weighted by Gasteiger charge is 2.11. The lowest BCUT2D eigenvalue weighted by Gasteiger charge is -2.18. The molecule has 0 unspecified atom stereocenters. The smallest absolute Gasteiger partial charge is 0.161 e. The summed E-state index contributed by atoms with van der Waals surface area (Å²) in [6.07, 6.45) is 6.14. The maximum atomic E-state index is 5.58. The largest absolute Gasteiger partial charge is 0.486 e. The topological polar surface area (TPSA) is 56.3 Å². The van der Waals surface area contributed by atoms with Crippen molar-refractivity contribution in [2.75, 3.05) is 19.8 Å². The van der Waals surface area contributed by atoms with E-state index in [1.807, 2.05) is 18.5 Å². The van der Waals surface area contributed by atoms with Crippen molar-refractivity contribution in [2.45, 2.75) is 13.0 Å². The van der Waals surface area contributed by atoms with Gasteiger partial charge in [0.05, 0.1) is 0 Å². The summed E-state index contributed by atoms with van der Waals surface area (Å²) < 4.78 is 11.1. The molecule has 0 spiro atoms. The predicted molar refractivity (Wildman–Crippen MR) is 74.9 cm³/mol. The number of rotatable bonds is 5. The van der Waals surface area contributed by atoms with E-state index in [0.717, 1.165) is 36.6 Å². The Morgan fingerprint density at radius 2 is 1.80 bits per heavy atom. The molecule has 0 aliphatic carbocycles. The summed E-state index contributed by atoms with van der Waals surface area (Å²) in [5, 5.41) is 3.38. The average molecular weight is 271 g/mol. The summed E-state index contributed by atoms with van der Waals surface area (Å²) in [5.74, 6) is 1.69. The molecule has 0 radical (unpaired) electrons. The minimum absolute atomic E-state index is 0.628. The first-order chi connectivity index (χ1) is 9.92. The highest BCUT2D eigenvalue weighted by Crippen LogP contribution is 2.30. The molecule has 0 atom stereocenters. The van der Waals surface area contributed by atoms with Crippen molar-refractivity contribution in [1.29, 1.82) is 0 Å². The summed E-state index contributed by atoms with van der Waals surface area (Å²) in [5.41, 5.74) is 2.33. The molecular weight excluding hydrogens is 254 g/mol. The number of fused-ring (bicyclic) bond motifs is 1. The van der Waals surface area contributed by atoms with Crippen molar-refractivity contribution in [3.8, 4) is 11.5 Å². The first kappa shape index (κ1) is 12.9. The third-order valence-electron chi connectivity index (χ3n) is 3.14. The summed E-state index contributed by atoms with van der Waals surface area (Å²) in [6.45, 7) is 2.94. The van der Waals surface area contributed by atoms with Gasteiger partial charge in [0.1, 0.15) is 19.5 Å². The van der Waals surface area contributed by atoms with Gasteiger partial charge in [0.25, 0.3) is 0 Å². The van der Waals surface area contributed by atoms with Gasteiger partial charge in [-0.15, -0.1) is 0 Å². The molecule has 1 aliphatic heterocycles. The fourth-order valence-electron chi connectivity index (χ4n) is 2.13. The molecular formula is C15H17N3O2. The van der Waals surface area contributed by atoms with Crippen LogP contribution in [-0.4, -0.2) is 29.7 Å². The van der Waals surface area contributed by atoms with Crippen LogP contribution in [0.1, 0.15) is 11.1 Å². The van der Waals surface area contributed by atoms with Gasteiger partial charge in [-0.2, -0.15) is 0 Å².